The van der Waals surface area contributed by atoms with E-state index in [1.165, 1.54) is 6.07 Å². The number of hydrogen-bond donors (Lipinski definition) is 3. The van der Waals surface area contributed by atoms with E-state index in [9.17, 15) is 9.59 Å². The van der Waals surface area contributed by atoms with Crippen molar-refractivity contribution in [2.75, 3.05) is 7.11 Å². The zero-order valence-corrected chi connectivity index (χ0v) is 12.0. The van der Waals surface area contributed by atoms with Gasteiger partial charge in [0.15, 0.2) is 0 Å². The first-order chi connectivity index (χ1) is 10.1. The summed E-state index contributed by atoms with van der Waals surface area (Å²) in [4.78, 5) is 22.7. The van der Waals surface area contributed by atoms with Crippen LogP contribution in [0.1, 0.15) is 35.2 Å². The quantitative estimate of drug-likeness (QED) is 0.771. The number of hydrogen-bond acceptors (Lipinski definition) is 3. The molecule has 6 nitrogen and oxygen atoms in total. The summed E-state index contributed by atoms with van der Waals surface area (Å²) in [6.45, 7) is 0.289. The Morgan fingerprint density at radius 2 is 2.19 bits per heavy atom. The van der Waals surface area contributed by atoms with Gasteiger partial charge >= 0.3 is 12.0 Å². The summed E-state index contributed by atoms with van der Waals surface area (Å²) in [6.07, 6.45) is 3.00. The normalized spacial score (nSPS) is 21.0. The summed E-state index contributed by atoms with van der Waals surface area (Å²) in [7, 11) is 1.65. The van der Waals surface area contributed by atoms with E-state index in [0.717, 1.165) is 24.8 Å². The molecule has 0 heterocycles. The highest BCUT2D eigenvalue weighted by atomic mass is 16.5. The van der Waals surface area contributed by atoms with Crippen LogP contribution in [0.5, 0.6) is 0 Å². The monoisotopic (exact) mass is 292 g/mol. The average molecular weight is 292 g/mol. The lowest BCUT2D eigenvalue weighted by Crippen LogP contribution is -2.45. The number of rotatable bonds is 5. The Labute approximate surface area is 123 Å². The molecule has 6 heteroatoms. The molecule has 21 heavy (non-hydrogen) atoms. The minimum absolute atomic E-state index is 0.0420. The van der Waals surface area contributed by atoms with E-state index in [2.05, 4.69) is 10.6 Å². The number of benzene rings is 1. The van der Waals surface area contributed by atoms with Gasteiger partial charge in [-0.3, -0.25) is 0 Å². The number of carboxylic acid groups (broad SMARTS) is 1. The lowest BCUT2D eigenvalue weighted by molar-refractivity contribution is 0.0696. The summed E-state index contributed by atoms with van der Waals surface area (Å²) in [6, 6.07) is 6.30. The number of carboxylic acids is 1. The van der Waals surface area contributed by atoms with Gasteiger partial charge in [-0.1, -0.05) is 12.1 Å². The van der Waals surface area contributed by atoms with E-state index in [-0.39, 0.29) is 30.3 Å². The van der Waals surface area contributed by atoms with Crippen LogP contribution in [0.2, 0.25) is 0 Å². The van der Waals surface area contributed by atoms with Gasteiger partial charge in [0.25, 0.3) is 0 Å². The molecule has 0 radical (unpaired) electrons. The van der Waals surface area contributed by atoms with E-state index in [1.807, 2.05) is 0 Å². The molecule has 114 valence electrons. The van der Waals surface area contributed by atoms with Crippen molar-refractivity contribution < 1.29 is 19.4 Å². The van der Waals surface area contributed by atoms with Gasteiger partial charge in [0.05, 0.1) is 17.7 Å². The molecule has 1 aromatic carbocycles. The van der Waals surface area contributed by atoms with Crippen LogP contribution in [0, 0.1) is 0 Å². The highest BCUT2D eigenvalue weighted by molar-refractivity contribution is 5.87. The van der Waals surface area contributed by atoms with E-state index >= 15 is 0 Å². The molecule has 1 saturated carbocycles. The number of nitrogens with one attached hydrogen (secondary N) is 2. The molecule has 0 bridgehead atoms. The molecule has 3 N–H and O–H groups in total. The van der Waals surface area contributed by atoms with Gasteiger partial charge in [0.2, 0.25) is 0 Å². The lowest BCUT2D eigenvalue weighted by Gasteiger charge is -2.19. The molecule has 1 fully saturated rings. The van der Waals surface area contributed by atoms with E-state index < -0.39 is 5.97 Å². The van der Waals surface area contributed by atoms with Gasteiger partial charge in [-0.15, -0.1) is 0 Å². The fraction of sp³-hybridized carbons (Fsp3) is 0.467. The highest BCUT2D eigenvalue weighted by Crippen LogP contribution is 2.21. The number of amides is 2. The Hall–Kier alpha value is -2.08. The van der Waals surface area contributed by atoms with Crippen LogP contribution < -0.4 is 10.6 Å². The third-order valence-electron chi connectivity index (χ3n) is 3.70. The third-order valence-corrected chi connectivity index (χ3v) is 3.70. The van der Waals surface area contributed by atoms with Gasteiger partial charge in [-0.2, -0.15) is 0 Å². The Balaban J connectivity index is 1.84. The third kappa shape index (κ3) is 4.19. The number of methoxy groups -OCH3 is 1. The van der Waals surface area contributed by atoms with Gasteiger partial charge < -0.3 is 20.5 Å². The molecular weight excluding hydrogens is 272 g/mol. The fourth-order valence-electron chi connectivity index (χ4n) is 2.59. The number of aromatic carboxylic acids is 1. The van der Waals surface area contributed by atoms with Crippen molar-refractivity contribution in [2.24, 2.45) is 0 Å². The van der Waals surface area contributed by atoms with Crippen molar-refractivity contribution in [1.82, 2.24) is 10.6 Å². The smallest absolute Gasteiger partial charge is 0.335 e. The van der Waals surface area contributed by atoms with Crippen molar-refractivity contribution >= 4 is 12.0 Å². The molecule has 2 atom stereocenters. The Kier molecular flexibility index (Phi) is 5.16. The largest absolute Gasteiger partial charge is 0.478 e. The highest BCUT2D eigenvalue weighted by Gasteiger charge is 2.28. The summed E-state index contributed by atoms with van der Waals surface area (Å²) in [5.41, 5.74) is 0.963. The molecule has 2 rings (SSSR count). The maximum Gasteiger partial charge on any atom is 0.335 e. The Bertz CT molecular complexity index is 518. The van der Waals surface area contributed by atoms with Crippen molar-refractivity contribution in [3.8, 4) is 0 Å². The SMILES string of the molecule is COC1CCCC1NC(=O)NCc1cccc(C(=O)O)c1. The van der Waals surface area contributed by atoms with E-state index in [0.29, 0.717) is 0 Å². The maximum atomic E-state index is 11.9. The zero-order chi connectivity index (χ0) is 15.2. The molecule has 1 aromatic rings. The van der Waals surface area contributed by atoms with Crippen LogP contribution >= 0.6 is 0 Å². The lowest BCUT2D eigenvalue weighted by atomic mass is 10.1. The maximum absolute atomic E-state index is 11.9. The molecule has 0 aromatic heterocycles. The fourth-order valence-corrected chi connectivity index (χ4v) is 2.59. The minimum atomic E-state index is -0.977. The first-order valence-corrected chi connectivity index (χ1v) is 6.99. The summed E-state index contributed by atoms with van der Waals surface area (Å²) in [5, 5.41) is 14.6. The van der Waals surface area contributed by atoms with E-state index in [4.69, 9.17) is 9.84 Å². The predicted molar refractivity (Wildman–Crippen MR) is 77.2 cm³/mol. The second-order valence-corrected chi connectivity index (χ2v) is 5.14. The average Bonchev–Trinajstić information content (AvgIpc) is 2.92. The molecule has 0 spiro atoms. The second kappa shape index (κ2) is 7.08. The van der Waals surface area contributed by atoms with Crippen LogP contribution in [0.3, 0.4) is 0 Å². The number of ether oxygens (including phenoxy) is 1. The first-order valence-electron chi connectivity index (χ1n) is 6.99. The van der Waals surface area contributed by atoms with Crippen LogP contribution in [-0.2, 0) is 11.3 Å². The molecule has 2 unspecified atom stereocenters. The van der Waals surface area contributed by atoms with Crippen LogP contribution in [0.15, 0.2) is 24.3 Å². The second-order valence-electron chi connectivity index (χ2n) is 5.14. The number of carbonyl (C=O) groups excluding carboxylic acids is 1. The number of carbonyl (C=O) groups is 2. The molecule has 1 aliphatic rings. The van der Waals surface area contributed by atoms with Gasteiger partial charge in [-0.25, -0.2) is 9.59 Å². The summed E-state index contributed by atoms with van der Waals surface area (Å²) >= 11 is 0. The Morgan fingerprint density at radius 3 is 2.90 bits per heavy atom. The zero-order valence-electron chi connectivity index (χ0n) is 12.0. The Morgan fingerprint density at radius 1 is 1.38 bits per heavy atom. The van der Waals surface area contributed by atoms with Crippen molar-refractivity contribution in [3.05, 3.63) is 35.4 Å². The number of urea groups is 1. The van der Waals surface area contributed by atoms with Gasteiger partial charge in [0, 0.05) is 13.7 Å². The summed E-state index contributed by atoms with van der Waals surface area (Å²) < 4.78 is 5.32. The van der Waals surface area contributed by atoms with Gasteiger partial charge in [-0.05, 0) is 37.0 Å². The topological polar surface area (TPSA) is 87.7 Å². The molecular formula is C15H20N2O4. The molecule has 1 aliphatic carbocycles. The summed E-state index contributed by atoms with van der Waals surface area (Å²) in [5.74, 6) is -0.977. The van der Waals surface area contributed by atoms with E-state index in [1.54, 1.807) is 25.3 Å². The van der Waals surface area contributed by atoms with Crippen LogP contribution in [-0.4, -0.2) is 36.4 Å². The molecule has 0 saturated heterocycles. The van der Waals surface area contributed by atoms with Crippen LogP contribution in [0.25, 0.3) is 0 Å². The van der Waals surface area contributed by atoms with Crippen molar-refractivity contribution in [3.63, 3.8) is 0 Å². The predicted octanol–water partition coefficient (Wildman–Crippen LogP) is 1.75. The van der Waals surface area contributed by atoms with Crippen LogP contribution in [0.4, 0.5) is 4.79 Å². The first kappa shape index (κ1) is 15.3. The standard InChI is InChI=1S/C15H20N2O4/c1-21-13-7-3-6-12(13)17-15(20)16-9-10-4-2-5-11(8-10)14(18)19/h2,4-5,8,12-13H,3,6-7,9H2,1H3,(H,18,19)(H2,16,17,20). The van der Waals surface area contributed by atoms with Crippen molar-refractivity contribution in [2.45, 2.75) is 38.0 Å². The van der Waals surface area contributed by atoms with Crippen molar-refractivity contribution in [1.29, 1.82) is 0 Å². The molecule has 0 aliphatic heterocycles. The van der Waals surface area contributed by atoms with Gasteiger partial charge in [0.1, 0.15) is 0 Å². The minimum Gasteiger partial charge on any atom is -0.478 e. The molecule has 2 amide bonds.